The molecule has 0 aliphatic heterocycles. The molecule has 1 heterocycles. The summed E-state index contributed by atoms with van der Waals surface area (Å²) in [4.78, 5) is 4.14. The third-order valence-corrected chi connectivity index (χ3v) is 2.06. The number of aryl methyl sites for hydroxylation is 1. The lowest BCUT2D eigenvalue weighted by Gasteiger charge is -2.01. The predicted octanol–water partition coefficient (Wildman–Crippen LogP) is 1.98. The van der Waals surface area contributed by atoms with Crippen molar-refractivity contribution in [1.82, 2.24) is 10.1 Å². The van der Waals surface area contributed by atoms with Crippen molar-refractivity contribution in [3.05, 3.63) is 41.5 Å². The molecular formula is C11H12N2O2. The molecule has 1 aromatic heterocycles. The van der Waals surface area contributed by atoms with Gasteiger partial charge in [0.2, 0.25) is 5.89 Å². The molecule has 0 aliphatic rings. The summed E-state index contributed by atoms with van der Waals surface area (Å²) in [5, 5.41) is 3.74. The van der Waals surface area contributed by atoms with Gasteiger partial charge in [-0.25, -0.2) is 0 Å². The maximum atomic E-state index is 5.13. The van der Waals surface area contributed by atoms with Crippen molar-refractivity contribution in [3.8, 4) is 5.75 Å². The highest BCUT2D eigenvalue weighted by atomic mass is 16.5. The highest BCUT2D eigenvalue weighted by Gasteiger charge is 2.04. The Balaban J connectivity index is 2.16. The fraction of sp³-hybridized carbons (Fsp3) is 0.273. The first-order valence-corrected chi connectivity index (χ1v) is 4.70. The minimum atomic E-state index is 0.626. The Hall–Kier alpha value is -1.84. The van der Waals surface area contributed by atoms with E-state index in [0.29, 0.717) is 18.1 Å². The molecule has 15 heavy (non-hydrogen) atoms. The van der Waals surface area contributed by atoms with Crippen molar-refractivity contribution >= 4 is 0 Å². The van der Waals surface area contributed by atoms with Crippen LogP contribution in [0.3, 0.4) is 0 Å². The van der Waals surface area contributed by atoms with E-state index in [1.807, 2.05) is 24.3 Å². The van der Waals surface area contributed by atoms with E-state index in [2.05, 4.69) is 10.1 Å². The Morgan fingerprint density at radius 1 is 1.40 bits per heavy atom. The molecule has 0 spiro atoms. The van der Waals surface area contributed by atoms with Gasteiger partial charge in [0, 0.05) is 0 Å². The largest absolute Gasteiger partial charge is 0.497 e. The van der Waals surface area contributed by atoms with E-state index < -0.39 is 0 Å². The van der Waals surface area contributed by atoms with Gasteiger partial charge in [0.1, 0.15) is 5.75 Å². The van der Waals surface area contributed by atoms with Gasteiger partial charge in [0.25, 0.3) is 0 Å². The van der Waals surface area contributed by atoms with Crippen molar-refractivity contribution in [2.24, 2.45) is 0 Å². The van der Waals surface area contributed by atoms with Gasteiger partial charge < -0.3 is 9.26 Å². The van der Waals surface area contributed by atoms with E-state index in [9.17, 15) is 0 Å². The minimum Gasteiger partial charge on any atom is -0.497 e. The first-order valence-electron chi connectivity index (χ1n) is 4.70. The molecule has 0 bridgehead atoms. The summed E-state index contributed by atoms with van der Waals surface area (Å²) in [5.74, 6) is 2.12. The molecule has 0 fully saturated rings. The molecule has 0 N–H and O–H groups in total. The van der Waals surface area contributed by atoms with Crippen LogP contribution in [0.1, 0.15) is 17.3 Å². The fourth-order valence-electron chi connectivity index (χ4n) is 1.37. The molecule has 2 aromatic rings. The highest BCUT2D eigenvalue weighted by Crippen LogP contribution is 2.15. The Morgan fingerprint density at radius 2 is 2.27 bits per heavy atom. The van der Waals surface area contributed by atoms with E-state index >= 15 is 0 Å². The third kappa shape index (κ3) is 2.34. The molecule has 0 amide bonds. The second-order valence-corrected chi connectivity index (χ2v) is 3.26. The maximum Gasteiger partial charge on any atom is 0.231 e. The van der Waals surface area contributed by atoms with Gasteiger partial charge in [0.15, 0.2) is 5.82 Å². The van der Waals surface area contributed by atoms with Crippen LogP contribution in [0.2, 0.25) is 0 Å². The number of hydrogen-bond donors (Lipinski definition) is 0. The molecular weight excluding hydrogens is 192 g/mol. The first kappa shape index (κ1) is 9.71. The number of aromatic nitrogens is 2. The molecule has 0 aliphatic carbocycles. The average molecular weight is 204 g/mol. The molecule has 0 unspecified atom stereocenters. The van der Waals surface area contributed by atoms with Crippen LogP contribution in [-0.4, -0.2) is 17.3 Å². The summed E-state index contributed by atoms with van der Waals surface area (Å²) in [6, 6.07) is 7.81. The van der Waals surface area contributed by atoms with Crippen LogP contribution in [-0.2, 0) is 6.42 Å². The molecule has 4 heteroatoms. The highest BCUT2D eigenvalue weighted by molar-refractivity contribution is 5.29. The van der Waals surface area contributed by atoms with Gasteiger partial charge >= 0.3 is 0 Å². The van der Waals surface area contributed by atoms with E-state index in [4.69, 9.17) is 9.26 Å². The Bertz CT molecular complexity index is 451. The number of rotatable bonds is 3. The standard InChI is InChI=1S/C11H12N2O2/c1-8-12-11(15-13-8)7-9-4-3-5-10(6-9)14-2/h3-6H,7H2,1-2H3. The van der Waals surface area contributed by atoms with Crippen LogP contribution in [0.5, 0.6) is 5.75 Å². The lowest BCUT2D eigenvalue weighted by atomic mass is 10.1. The number of methoxy groups -OCH3 is 1. The van der Waals surface area contributed by atoms with Crippen LogP contribution in [0.15, 0.2) is 28.8 Å². The maximum absolute atomic E-state index is 5.13. The fourth-order valence-corrected chi connectivity index (χ4v) is 1.37. The van der Waals surface area contributed by atoms with E-state index in [1.165, 1.54) is 0 Å². The topological polar surface area (TPSA) is 48.2 Å². The first-order chi connectivity index (χ1) is 7.28. The van der Waals surface area contributed by atoms with Gasteiger partial charge in [-0.3, -0.25) is 0 Å². The van der Waals surface area contributed by atoms with Crippen molar-refractivity contribution in [2.75, 3.05) is 7.11 Å². The lowest BCUT2D eigenvalue weighted by Crippen LogP contribution is -1.90. The number of benzene rings is 1. The van der Waals surface area contributed by atoms with Crippen molar-refractivity contribution < 1.29 is 9.26 Å². The molecule has 78 valence electrons. The van der Waals surface area contributed by atoms with E-state index in [0.717, 1.165) is 11.3 Å². The van der Waals surface area contributed by atoms with E-state index in [1.54, 1.807) is 14.0 Å². The van der Waals surface area contributed by atoms with Crippen LogP contribution in [0, 0.1) is 6.92 Å². The smallest absolute Gasteiger partial charge is 0.231 e. The van der Waals surface area contributed by atoms with Crippen molar-refractivity contribution in [1.29, 1.82) is 0 Å². The van der Waals surface area contributed by atoms with Crippen LogP contribution in [0.4, 0.5) is 0 Å². The zero-order valence-electron chi connectivity index (χ0n) is 8.73. The summed E-state index contributed by atoms with van der Waals surface area (Å²) in [6.07, 6.45) is 0.637. The van der Waals surface area contributed by atoms with Crippen LogP contribution in [0.25, 0.3) is 0 Å². The molecule has 0 saturated heterocycles. The normalized spacial score (nSPS) is 10.3. The van der Waals surface area contributed by atoms with E-state index in [-0.39, 0.29) is 0 Å². The number of hydrogen-bond acceptors (Lipinski definition) is 4. The average Bonchev–Trinajstić information content (AvgIpc) is 2.64. The molecule has 0 atom stereocenters. The summed E-state index contributed by atoms with van der Waals surface area (Å²) < 4.78 is 10.2. The monoisotopic (exact) mass is 204 g/mol. The SMILES string of the molecule is COc1cccc(Cc2nc(C)no2)c1. The predicted molar refractivity (Wildman–Crippen MR) is 54.8 cm³/mol. The summed E-state index contributed by atoms with van der Waals surface area (Å²) in [6.45, 7) is 1.80. The van der Waals surface area contributed by atoms with Gasteiger partial charge in [-0.05, 0) is 24.6 Å². The quantitative estimate of drug-likeness (QED) is 0.767. The summed E-state index contributed by atoms with van der Waals surface area (Å²) >= 11 is 0. The summed E-state index contributed by atoms with van der Waals surface area (Å²) in [7, 11) is 1.65. The number of ether oxygens (including phenoxy) is 1. The second kappa shape index (κ2) is 4.13. The zero-order chi connectivity index (χ0) is 10.7. The Labute approximate surface area is 87.9 Å². The Morgan fingerprint density at radius 3 is 2.93 bits per heavy atom. The van der Waals surface area contributed by atoms with Crippen LogP contribution < -0.4 is 4.74 Å². The van der Waals surface area contributed by atoms with Crippen molar-refractivity contribution in [3.63, 3.8) is 0 Å². The number of nitrogens with zero attached hydrogens (tertiary/aromatic N) is 2. The lowest BCUT2D eigenvalue weighted by molar-refractivity contribution is 0.380. The van der Waals surface area contributed by atoms with Crippen molar-refractivity contribution in [2.45, 2.75) is 13.3 Å². The minimum absolute atomic E-state index is 0.626. The van der Waals surface area contributed by atoms with Gasteiger partial charge in [-0.1, -0.05) is 17.3 Å². The van der Waals surface area contributed by atoms with Gasteiger partial charge in [0.05, 0.1) is 13.5 Å². The van der Waals surface area contributed by atoms with Crippen LogP contribution >= 0.6 is 0 Å². The van der Waals surface area contributed by atoms with Gasteiger partial charge in [-0.15, -0.1) is 0 Å². The molecule has 0 saturated carbocycles. The molecule has 0 radical (unpaired) electrons. The zero-order valence-corrected chi connectivity index (χ0v) is 8.73. The van der Waals surface area contributed by atoms with Gasteiger partial charge in [-0.2, -0.15) is 4.98 Å². The Kier molecular flexibility index (Phi) is 2.67. The third-order valence-electron chi connectivity index (χ3n) is 2.06. The summed E-state index contributed by atoms with van der Waals surface area (Å²) in [5.41, 5.74) is 1.10. The molecule has 2 rings (SSSR count). The molecule has 4 nitrogen and oxygen atoms in total. The molecule has 1 aromatic carbocycles. The second-order valence-electron chi connectivity index (χ2n) is 3.26.